The molecule has 6 heteroatoms. The average molecular weight is 305 g/mol. The fourth-order valence-electron chi connectivity index (χ4n) is 3.15. The first-order chi connectivity index (χ1) is 9.81. The summed E-state index contributed by atoms with van der Waals surface area (Å²) in [7, 11) is 1.60. The van der Waals surface area contributed by atoms with E-state index < -0.39 is 11.3 Å². The molecule has 3 atom stereocenters. The van der Waals surface area contributed by atoms with Gasteiger partial charge in [-0.1, -0.05) is 6.92 Å². The summed E-state index contributed by atoms with van der Waals surface area (Å²) in [6.07, 6.45) is 0.602. The van der Waals surface area contributed by atoms with Gasteiger partial charge in [-0.2, -0.15) is 0 Å². The molecular weight excluding hydrogens is 280 g/mol. The summed E-state index contributed by atoms with van der Waals surface area (Å²) < 4.78 is 37.3. The van der Waals surface area contributed by atoms with Crippen molar-refractivity contribution in [2.45, 2.75) is 70.1 Å². The summed E-state index contributed by atoms with van der Waals surface area (Å²) >= 11 is 0. The van der Waals surface area contributed by atoms with Gasteiger partial charge in [0.05, 0.1) is 12.1 Å². The van der Waals surface area contributed by atoms with E-state index in [1.165, 1.54) is 0 Å². The first-order valence-electron chi connectivity index (χ1n) is 7.64. The smallest absolute Gasteiger partial charge is 0.248 e. The van der Waals surface area contributed by atoms with E-state index in [0.29, 0.717) is 13.0 Å². The molecule has 1 N–H and O–H groups in total. The van der Waals surface area contributed by atoms with Crippen LogP contribution in [-0.2, 0) is 14.3 Å². The number of halogens is 2. The number of amides is 1. The van der Waals surface area contributed by atoms with E-state index in [0.717, 1.165) is 0 Å². The Balaban J connectivity index is 1.87. The fraction of sp³-hybridized carbons (Fsp3) is 0.933. The number of hydrogen-bond acceptors (Lipinski definition) is 3. The van der Waals surface area contributed by atoms with Gasteiger partial charge in [0, 0.05) is 32.0 Å². The number of ether oxygens (including phenoxy) is 2. The summed E-state index contributed by atoms with van der Waals surface area (Å²) in [5.41, 5.74) is -0.698. The topological polar surface area (TPSA) is 47.6 Å². The molecular formula is C15H25F2NO3. The highest BCUT2D eigenvalue weighted by atomic mass is 19.3. The maximum atomic E-state index is 13.2. The Bertz CT molecular complexity index is 379. The van der Waals surface area contributed by atoms with Crippen LogP contribution in [0.25, 0.3) is 0 Å². The van der Waals surface area contributed by atoms with Crippen molar-refractivity contribution in [3.8, 4) is 0 Å². The Morgan fingerprint density at radius 1 is 1.29 bits per heavy atom. The third-order valence-electron chi connectivity index (χ3n) is 4.85. The van der Waals surface area contributed by atoms with Crippen LogP contribution in [0.4, 0.5) is 8.78 Å². The predicted molar refractivity (Wildman–Crippen MR) is 74.3 cm³/mol. The Morgan fingerprint density at radius 2 is 1.90 bits per heavy atom. The Morgan fingerprint density at radius 3 is 2.43 bits per heavy atom. The minimum Gasteiger partial charge on any atom is -0.377 e. The lowest BCUT2D eigenvalue weighted by Crippen LogP contribution is -2.62. The van der Waals surface area contributed by atoms with Gasteiger partial charge in [0.15, 0.2) is 0 Å². The lowest BCUT2D eigenvalue weighted by Gasteiger charge is -2.45. The van der Waals surface area contributed by atoms with Crippen LogP contribution in [-0.4, -0.2) is 43.8 Å². The largest absolute Gasteiger partial charge is 0.377 e. The highest BCUT2D eigenvalue weighted by Gasteiger charge is 2.48. The fourth-order valence-corrected chi connectivity index (χ4v) is 3.15. The van der Waals surface area contributed by atoms with Gasteiger partial charge in [-0.25, -0.2) is 8.78 Å². The lowest BCUT2D eigenvalue weighted by molar-refractivity contribution is -0.153. The van der Waals surface area contributed by atoms with Crippen molar-refractivity contribution in [2.75, 3.05) is 13.7 Å². The summed E-state index contributed by atoms with van der Waals surface area (Å²) in [4.78, 5) is 12.4. The van der Waals surface area contributed by atoms with E-state index in [4.69, 9.17) is 9.47 Å². The molecule has 21 heavy (non-hydrogen) atoms. The molecule has 2 saturated carbocycles. The predicted octanol–water partition coefficient (Wildman–Crippen LogP) is 2.51. The molecule has 0 aromatic rings. The van der Waals surface area contributed by atoms with Crippen LogP contribution >= 0.6 is 0 Å². The molecule has 0 bridgehead atoms. The van der Waals surface area contributed by atoms with Gasteiger partial charge < -0.3 is 14.8 Å². The lowest BCUT2D eigenvalue weighted by atomic mass is 9.73. The zero-order valence-corrected chi connectivity index (χ0v) is 13.0. The molecule has 0 heterocycles. The zero-order valence-electron chi connectivity index (χ0n) is 13.0. The van der Waals surface area contributed by atoms with Crippen LogP contribution in [0.3, 0.4) is 0 Å². The van der Waals surface area contributed by atoms with Crippen molar-refractivity contribution < 1.29 is 23.0 Å². The van der Waals surface area contributed by atoms with Gasteiger partial charge in [0.2, 0.25) is 11.8 Å². The Kier molecular flexibility index (Phi) is 4.88. The molecule has 2 aliphatic rings. The first kappa shape index (κ1) is 16.6. The summed E-state index contributed by atoms with van der Waals surface area (Å²) in [5, 5.41) is 2.95. The number of alkyl halides is 2. The number of nitrogens with one attached hydrogen (secondary N) is 1. The van der Waals surface area contributed by atoms with Gasteiger partial charge >= 0.3 is 0 Å². The van der Waals surface area contributed by atoms with Gasteiger partial charge in [-0.3, -0.25) is 4.79 Å². The van der Waals surface area contributed by atoms with E-state index in [2.05, 4.69) is 5.32 Å². The highest BCUT2D eigenvalue weighted by molar-refractivity contribution is 5.82. The standard InChI is InChI=1S/C15H25F2NO3/c1-4-21-11-9-10(12(11)20-3)18-13(19)14(2)5-7-15(16,17)8-6-14/h10-12H,4-9H2,1-3H3,(H,18,19). The van der Waals surface area contributed by atoms with Crippen LogP contribution < -0.4 is 5.32 Å². The monoisotopic (exact) mass is 305 g/mol. The molecule has 2 aliphatic carbocycles. The normalized spacial score (nSPS) is 34.0. The molecule has 4 nitrogen and oxygen atoms in total. The van der Waals surface area contributed by atoms with E-state index >= 15 is 0 Å². The average Bonchev–Trinajstić information content (AvgIpc) is 2.41. The molecule has 0 saturated heterocycles. The number of hydrogen-bond donors (Lipinski definition) is 1. The maximum absolute atomic E-state index is 13.2. The van der Waals surface area contributed by atoms with E-state index in [1.807, 2.05) is 6.92 Å². The second-order valence-electron chi connectivity index (χ2n) is 6.43. The second kappa shape index (κ2) is 6.16. The van der Waals surface area contributed by atoms with E-state index in [-0.39, 0.29) is 49.8 Å². The molecule has 122 valence electrons. The molecule has 0 spiro atoms. The Hall–Kier alpha value is -0.750. The summed E-state index contributed by atoms with van der Waals surface area (Å²) in [6.45, 7) is 4.30. The van der Waals surface area contributed by atoms with Crippen LogP contribution in [0.2, 0.25) is 0 Å². The van der Waals surface area contributed by atoms with Gasteiger partial charge in [-0.15, -0.1) is 0 Å². The third-order valence-corrected chi connectivity index (χ3v) is 4.85. The van der Waals surface area contributed by atoms with Crippen molar-refractivity contribution in [1.29, 1.82) is 0 Å². The number of carbonyl (C=O) groups is 1. The SMILES string of the molecule is CCOC1CC(NC(=O)C2(C)CCC(F)(F)CC2)C1OC. The minimum absolute atomic E-state index is 0.00814. The van der Waals surface area contributed by atoms with Gasteiger partial charge in [-0.05, 0) is 26.2 Å². The molecule has 2 fully saturated rings. The van der Waals surface area contributed by atoms with Crippen molar-refractivity contribution in [3.05, 3.63) is 0 Å². The third kappa shape index (κ3) is 3.54. The number of carbonyl (C=O) groups excluding carboxylic acids is 1. The first-order valence-corrected chi connectivity index (χ1v) is 7.64. The van der Waals surface area contributed by atoms with Crippen molar-refractivity contribution >= 4 is 5.91 Å². The molecule has 0 aromatic carbocycles. The molecule has 1 amide bonds. The van der Waals surface area contributed by atoms with Gasteiger partial charge in [0.1, 0.15) is 6.10 Å². The quantitative estimate of drug-likeness (QED) is 0.849. The molecule has 2 rings (SSSR count). The van der Waals surface area contributed by atoms with Crippen LogP contribution in [0.1, 0.15) is 46.0 Å². The molecule has 3 unspecified atom stereocenters. The molecule has 0 aromatic heterocycles. The van der Waals surface area contributed by atoms with Crippen LogP contribution in [0, 0.1) is 5.41 Å². The Labute approximate surface area is 124 Å². The van der Waals surface area contributed by atoms with Crippen LogP contribution in [0.5, 0.6) is 0 Å². The number of methoxy groups -OCH3 is 1. The van der Waals surface area contributed by atoms with Crippen molar-refractivity contribution in [1.82, 2.24) is 5.32 Å². The summed E-state index contributed by atoms with van der Waals surface area (Å²) in [6, 6.07) is -0.0849. The molecule has 0 aliphatic heterocycles. The maximum Gasteiger partial charge on any atom is 0.248 e. The van der Waals surface area contributed by atoms with Crippen molar-refractivity contribution in [3.63, 3.8) is 0 Å². The van der Waals surface area contributed by atoms with Gasteiger partial charge in [0.25, 0.3) is 0 Å². The molecule has 0 radical (unpaired) electrons. The van der Waals surface area contributed by atoms with Crippen molar-refractivity contribution in [2.24, 2.45) is 5.41 Å². The minimum atomic E-state index is -2.62. The summed E-state index contributed by atoms with van der Waals surface area (Å²) in [5.74, 6) is -2.76. The zero-order chi connectivity index (χ0) is 15.7. The van der Waals surface area contributed by atoms with Crippen LogP contribution in [0.15, 0.2) is 0 Å². The van der Waals surface area contributed by atoms with E-state index in [1.54, 1.807) is 14.0 Å². The number of rotatable bonds is 5. The van der Waals surface area contributed by atoms with E-state index in [9.17, 15) is 13.6 Å². The second-order valence-corrected chi connectivity index (χ2v) is 6.43. The highest BCUT2D eigenvalue weighted by Crippen LogP contribution is 2.43.